The lowest BCUT2D eigenvalue weighted by Gasteiger charge is -2.32. The first kappa shape index (κ1) is 34.0. The molecule has 9 nitrogen and oxygen atoms in total. The van der Waals surface area contributed by atoms with Crippen molar-refractivity contribution in [2.75, 3.05) is 31.6 Å². The second-order valence-corrected chi connectivity index (χ2v) is 13.1. The molecule has 3 aromatic rings. The van der Waals surface area contributed by atoms with Crippen LogP contribution in [0.5, 0.6) is 11.5 Å². The predicted molar refractivity (Wildman–Crippen MR) is 170 cm³/mol. The van der Waals surface area contributed by atoms with Crippen LogP contribution in [0.3, 0.4) is 0 Å². The molecule has 0 saturated carbocycles. The topological polar surface area (TPSA) is 105 Å². The standard InChI is InChI=1S/C31H37Cl2N3O6S/c1-20(2)17-34-31(38)22(4)35(18-25-26(32)8-7-9-27(25)33)30(37)19-36(23-12-10-21(3)11-13-23)43(39,40)24-14-15-28(41-5)29(16-24)42-6/h7-16,20,22H,17-19H2,1-6H3,(H,34,38). The van der Waals surface area contributed by atoms with Gasteiger partial charge in [0.15, 0.2) is 11.5 Å². The summed E-state index contributed by atoms with van der Waals surface area (Å²) in [6.07, 6.45) is 0. The zero-order valence-electron chi connectivity index (χ0n) is 25.1. The van der Waals surface area contributed by atoms with Crippen molar-refractivity contribution in [2.45, 2.75) is 45.2 Å². The second-order valence-electron chi connectivity index (χ2n) is 10.4. The fraction of sp³-hybridized carbons (Fsp3) is 0.355. The summed E-state index contributed by atoms with van der Waals surface area (Å²) in [7, 11) is -1.46. The van der Waals surface area contributed by atoms with Crippen molar-refractivity contribution in [1.82, 2.24) is 10.2 Å². The monoisotopic (exact) mass is 649 g/mol. The Morgan fingerprint density at radius 3 is 2.07 bits per heavy atom. The molecule has 0 aliphatic heterocycles. The van der Waals surface area contributed by atoms with E-state index in [1.807, 2.05) is 20.8 Å². The number of sulfonamides is 1. The highest BCUT2D eigenvalue weighted by molar-refractivity contribution is 7.92. The molecule has 0 aromatic heterocycles. The normalized spacial score (nSPS) is 12.0. The molecule has 43 heavy (non-hydrogen) atoms. The zero-order valence-corrected chi connectivity index (χ0v) is 27.4. The van der Waals surface area contributed by atoms with Gasteiger partial charge in [-0.3, -0.25) is 13.9 Å². The van der Waals surface area contributed by atoms with Crippen molar-refractivity contribution in [3.8, 4) is 11.5 Å². The lowest BCUT2D eigenvalue weighted by Crippen LogP contribution is -2.51. The summed E-state index contributed by atoms with van der Waals surface area (Å²) in [5, 5.41) is 3.47. The molecule has 3 rings (SSSR count). The molecule has 232 valence electrons. The van der Waals surface area contributed by atoms with Crippen LogP contribution in [0.1, 0.15) is 31.9 Å². The Kier molecular flexibility index (Phi) is 11.7. The minimum atomic E-state index is -4.31. The Labute approximate surface area is 263 Å². The Morgan fingerprint density at radius 2 is 1.51 bits per heavy atom. The lowest BCUT2D eigenvalue weighted by molar-refractivity contribution is -0.139. The van der Waals surface area contributed by atoms with Gasteiger partial charge in [-0.2, -0.15) is 0 Å². The van der Waals surface area contributed by atoms with Crippen LogP contribution in [0.4, 0.5) is 5.69 Å². The van der Waals surface area contributed by atoms with E-state index in [2.05, 4.69) is 5.32 Å². The molecule has 1 atom stereocenters. The van der Waals surface area contributed by atoms with Gasteiger partial charge in [0.25, 0.3) is 10.0 Å². The van der Waals surface area contributed by atoms with Crippen molar-refractivity contribution < 1.29 is 27.5 Å². The van der Waals surface area contributed by atoms with Crippen molar-refractivity contribution in [3.63, 3.8) is 0 Å². The van der Waals surface area contributed by atoms with E-state index in [1.54, 1.807) is 49.4 Å². The van der Waals surface area contributed by atoms with Crippen molar-refractivity contribution >= 4 is 50.7 Å². The van der Waals surface area contributed by atoms with Gasteiger partial charge in [-0.1, -0.05) is 60.8 Å². The number of hydrogen-bond donors (Lipinski definition) is 1. The number of nitrogens with zero attached hydrogens (tertiary/aromatic N) is 2. The van der Waals surface area contributed by atoms with E-state index < -0.39 is 34.4 Å². The first-order valence-electron chi connectivity index (χ1n) is 13.6. The fourth-order valence-corrected chi connectivity index (χ4v) is 6.18. The molecule has 1 N–H and O–H groups in total. The molecule has 0 saturated heterocycles. The number of carbonyl (C=O) groups excluding carboxylic acids is 2. The molecule has 0 bridgehead atoms. The molecule has 0 fully saturated rings. The van der Waals surface area contributed by atoms with Crippen LogP contribution in [-0.2, 0) is 26.2 Å². The molecule has 2 amide bonds. The van der Waals surface area contributed by atoms with Crippen molar-refractivity contribution in [2.24, 2.45) is 5.92 Å². The number of nitrogens with one attached hydrogen (secondary N) is 1. The molecule has 3 aromatic carbocycles. The van der Waals surface area contributed by atoms with Crippen LogP contribution < -0.4 is 19.1 Å². The largest absolute Gasteiger partial charge is 0.493 e. The van der Waals surface area contributed by atoms with E-state index in [0.29, 0.717) is 27.9 Å². The van der Waals surface area contributed by atoms with E-state index >= 15 is 0 Å². The molecular weight excluding hydrogens is 613 g/mol. The number of carbonyl (C=O) groups is 2. The highest BCUT2D eigenvalue weighted by Crippen LogP contribution is 2.33. The van der Waals surface area contributed by atoms with Gasteiger partial charge in [0.1, 0.15) is 12.6 Å². The quantitative estimate of drug-likeness (QED) is 0.255. The number of hydrogen-bond acceptors (Lipinski definition) is 6. The Hall–Kier alpha value is -3.47. The van der Waals surface area contributed by atoms with Gasteiger partial charge in [-0.05, 0) is 56.2 Å². The molecule has 1 unspecified atom stereocenters. The maximum Gasteiger partial charge on any atom is 0.264 e. The van der Waals surface area contributed by atoms with Gasteiger partial charge >= 0.3 is 0 Å². The SMILES string of the molecule is COc1ccc(S(=O)(=O)N(CC(=O)N(Cc2c(Cl)cccc2Cl)C(C)C(=O)NCC(C)C)c2ccc(C)cc2)cc1OC. The van der Waals surface area contributed by atoms with E-state index in [9.17, 15) is 18.0 Å². The third-order valence-electron chi connectivity index (χ3n) is 6.79. The smallest absolute Gasteiger partial charge is 0.264 e. The number of halogens is 2. The third-order valence-corrected chi connectivity index (χ3v) is 9.26. The molecule has 0 aliphatic rings. The number of anilines is 1. The lowest BCUT2D eigenvalue weighted by atomic mass is 10.1. The van der Waals surface area contributed by atoms with Gasteiger partial charge in [0.2, 0.25) is 11.8 Å². The van der Waals surface area contributed by atoms with E-state index in [4.69, 9.17) is 32.7 Å². The van der Waals surface area contributed by atoms with Gasteiger partial charge in [0, 0.05) is 34.8 Å². The highest BCUT2D eigenvalue weighted by atomic mass is 35.5. The van der Waals surface area contributed by atoms with Crippen molar-refractivity contribution in [3.05, 3.63) is 81.8 Å². The summed E-state index contributed by atoms with van der Waals surface area (Å²) in [5.74, 6) is -0.280. The average molecular weight is 651 g/mol. The Balaban J connectivity index is 2.09. The van der Waals surface area contributed by atoms with Gasteiger partial charge in [0.05, 0.1) is 24.8 Å². The summed E-state index contributed by atoms with van der Waals surface area (Å²) in [6.45, 7) is 7.04. The first-order chi connectivity index (χ1) is 20.3. The average Bonchev–Trinajstić information content (AvgIpc) is 2.98. The van der Waals surface area contributed by atoms with Gasteiger partial charge in [-0.25, -0.2) is 8.42 Å². The molecule has 0 radical (unpaired) electrons. The van der Waals surface area contributed by atoms with Gasteiger partial charge < -0.3 is 19.7 Å². The summed E-state index contributed by atoms with van der Waals surface area (Å²) < 4.78 is 39.9. The number of benzene rings is 3. The van der Waals surface area contributed by atoms with Crippen LogP contribution in [0.15, 0.2) is 65.6 Å². The van der Waals surface area contributed by atoms with E-state index in [0.717, 1.165) is 9.87 Å². The Morgan fingerprint density at radius 1 is 0.907 bits per heavy atom. The summed E-state index contributed by atoms with van der Waals surface area (Å²) in [5.41, 5.74) is 1.61. The maximum absolute atomic E-state index is 14.1. The maximum atomic E-state index is 14.1. The second kappa shape index (κ2) is 14.8. The Bertz CT molecular complexity index is 1530. The molecular formula is C31H37Cl2N3O6S. The number of methoxy groups -OCH3 is 2. The number of rotatable bonds is 13. The van der Waals surface area contributed by atoms with Crippen LogP contribution in [-0.4, -0.2) is 58.5 Å². The first-order valence-corrected chi connectivity index (χ1v) is 15.8. The highest BCUT2D eigenvalue weighted by Gasteiger charge is 2.33. The van der Waals surface area contributed by atoms with Crippen LogP contribution >= 0.6 is 23.2 Å². The number of amides is 2. The van der Waals surface area contributed by atoms with Gasteiger partial charge in [-0.15, -0.1) is 0 Å². The summed E-state index contributed by atoms with van der Waals surface area (Å²) in [6, 6.07) is 14.9. The number of ether oxygens (including phenoxy) is 2. The van der Waals surface area contributed by atoms with Crippen LogP contribution in [0, 0.1) is 12.8 Å². The van der Waals surface area contributed by atoms with Crippen LogP contribution in [0.2, 0.25) is 10.0 Å². The zero-order chi connectivity index (χ0) is 31.9. The van der Waals surface area contributed by atoms with Crippen LogP contribution in [0.25, 0.3) is 0 Å². The van der Waals surface area contributed by atoms with E-state index in [-0.39, 0.29) is 28.8 Å². The van der Waals surface area contributed by atoms with Crippen molar-refractivity contribution in [1.29, 1.82) is 0 Å². The molecule has 12 heteroatoms. The molecule has 0 aliphatic carbocycles. The third kappa shape index (κ3) is 8.34. The predicted octanol–water partition coefficient (Wildman–Crippen LogP) is 5.70. The summed E-state index contributed by atoms with van der Waals surface area (Å²) >= 11 is 12.9. The molecule has 0 heterocycles. The molecule has 0 spiro atoms. The summed E-state index contributed by atoms with van der Waals surface area (Å²) in [4.78, 5) is 28.5. The fourth-order valence-electron chi connectivity index (χ4n) is 4.23. The minimum Gasteiger partial charge on any atom is -0.493 e. The minimum absolute atomic E-state index is 0.109. The van der Waals surface area contributed by atoms with E-state index in [1.165, 1.54) is 37.3 Å². The number of aryl methyl sites for hydroxylation is 1.